The van der Waals surface area contributed by atoms with Crippen LogP contribution in [0.15, 0.2) is 36.7 Å². The first-order valence-electron chi connectivity index (χ1n) is 5.34. The molecule has 0 saturated carbocycles. The summed E-state index contributed by atoms with van der Waals surface area (Å²) in [5.74, 6) is -0.903. The molecule has 86 valence electrons. The topological polar surface area (TPSA) is 50.2 Å². The lowest BCUT2D eigenvalue weighted by atomic mass is 9.96. The molecule has 3 heteroatoms. The predicted octanol–water partition coefficient (Wildman–Crippen LogP) is 3.06. The van der Waals surface area contributed by atoms with Crippen LogP contribution in [0.1, 0.15) is 21.5 Å². The number of rotatable bonds is 2. The van der Waals surface area contributed by atoms with Gasteiger partial charge in [-0.1, -0.05) is 17.7 Å². The van der Waals surface area contributed by atoms with E-state index < -0.39 is 5.97 Å². The summed E-state index contributed by atoms with van der Waals surface area (Å²) in [6, 6.07) is 7.30. The van der Waals surface area contributed by atoms with Crippen molar-refractivity contribution >= 4 is 5.97 Å². The maximum atomic E-state index is 11.2. The SMILES string of the molecule is Cc1ccc(-c2ccncc2C)c(C(=O)O)c1. The van der Waals surface area contributed by atoms with E-state index in [9.17, 15) is 9.90 Å². The van der Waals surface area contributed by atoms with Crippen molar-refractivity contribution in [2.75, 3.05) is 0 Å². The van der Waals surface area contributed by atoms with Gasteiger partial charge < -0.3 is 5.11 Å². The summed E-state index contributed by atoms with van der Waals surface area (Å²) in [5, 5.41) is 9.23. The summed E-state index contributed by atoms with van der Waals surface area (Å²) in [6.07, 6.45) is 3.41. The number of aromatic carboxylic acids is 1. The predicted molar refractivity (Wildman–Crippen MR) is 66.1 cm³/mol. The summed E-state index contributed by atoms with van der Waals surface area (Å²) < 4.78 is 0. The molecular weight excluding hydrogens is 214 g/mol. The van der Waals surface area contributed by atoms with Crippen LogP contribution in [0.4, 0.5) is 0 Å². The lowest BCUT2D eigenvalue weighted by Gasteiger charge is -2.09. The number of hydrogen-bond acceptors (Lipinski definition) is 2. The normalized spacial score (nSPS) is 10.2. The minimum Gasteiger partial charge on any atom is -0.478 e. The fourth-order valence-corrected chi connectivity index (χ4v) is 1.85. The highest BCUT2D eigenvalue weighted by Crippen LogP contribution is 2.27. The second-order valence-corrected chi connectivity index (χ2v) is 4.04. The monoisotopic (exact) mass is 227 g/mol. The van der Waals surface area contributed by atoms with Crippen LogP contribution in [0, 0.1) is 13.8 Å². The van der Waals surface area contributed by atoms with Crippen LogP contribution < -0.4 is 0 Å². The van der Waals surface area contributed by atoms with Crippen LogP contribution in [0.2, 0.25) is 0 Å². The van der Waals surface area contributed by atoms with Crippen molar-refractivity contribution in [1.82, 2.24) is 4.98 Å². The average molecular weight is 227 g/mol. The van der Waals surface area contributed by atoms with Crippen molar-refractivity contribution in [3.63, 3.8) is 0 Å². The van der Waals surface area contributed by atoms with Crippen molar-refractivity contribution in [1.29, 1.82) is 0 Å². The molecule has 1 N–H and O–H groups in total. The highest BCUT2D eigenvalue weighted by Gasteiger charge is 2.13. The van der Waals surface area contributed by atoms with Crippen molar-refractivity contribution < 1.29 is 9.90 Å². The Morgan fingerprint density at radius 1 is 1.18 bits per heavy atom. The molecule has 0 atom stereocenters. The van der Waals surface area contributed by atoms with Crippen LogP contribution in [0.3, 0.4) is 0 Å². The second-order valence-electron chi connectivity index (χ2n) is 4.04. The lowest BCUT2D eigenvalue weighted by molar-refractivity contribution is 0.0697. The first kappa shape index (κ1) is 11.3. The molecule has 1 heterocycles. The molecule has 17 heavy (non-hydrogen) atoms. The Hall–Kier alpha value is -2.16. The molecule has 0 radical (unpaired) electrons. The summed E-state index contributed by atoms with van der Waals surface area (Å²) in [4.78, 5) is 15.3. The molecule has 0 fully saturated rings. The summed E-state index contributed by atoms with van der Waals surface area (Å²) in [5.41, 5.74) is 3.90. The number of hydrogen-bond donors (Lipinski definition) is 1. The summed E-state index contributed by atoms with van der Waals surface area (Å²) >= 11 is 0. The zero-order chi connectivity index (χ0) is 12.4. The average Bonchev–Trinajstić information content (AvgIpc) is 2.30. The van der Waals surface area contributed by atoms with Gasteiger partial charge in [0.15, 0.2) is 0 Å². The Balaban J connectivity index is 2.68. The Morgan fingerprint density at radius 3 is 2.59 bits per heavy atom. The Labute approximate surface area is 99.8 Å². The van der Waals surface area contributed by atoms with Crippen LogP contribution in [0.25, 0.3) is 11.1 Å². The van der Waals surface area contributed by atoms with E-state index >= 15 is 0 Å². The van der Waals surface area contributed by atoms with Gasteiger partial charge in [0, 0.05) is 12.4 Å². The smallest absolute Gasteiger partial charge is 0.336 e. The van der Waals surface area contributed by atoms with Gasteiger partial charge in [-0.25, -0.2) is 4.79 Å². The number of benzene rings is 1. The second kappa shape index (κ2) is 4.37. The molecule has 1 aromatic carbocycles. The number of carboxylic acid groups (broad SMARTS) is 1. The maximum absolute atomic E-state index is 11.2. The zero-order valence-corrected chi connectivity index (χ0v) is 9.77. The van der Waals surface area contributed by atoms with E-state index in [0.29, 0.717) is 5.56 Å². The van der Waals surface area contributed by atoms with Gasteiger partial charge in [-0.2, -0.15) is 0 Å². The van der Waals surface area contributed by atoms with Gasteiger partial charge in [0.2, 0.25) is 0 Å². The number of aryl methyl sites for hydroxylation is 2. The molecule has 0 aliphatic carbocycles. The van der Waals surface area contributed by atoms with Crippen LogP contribution in [-0.2, 0) is 0 Å². The molecule has 3 nitrogen and oxygen atoms in total. The highest BCUT2D eigenvalue weighted by atomic mass is 16.4. The number of nitrogens with zero attached hydrogens (tertiary/aromatic N) is 1. The Bertz CT molecular complexity index is 576. The van der Waals surface area contributed by atoms with Gasteiger partial charge >= 0.3 is 5.97 Å². The minimum atomic E-state index is -0.903. The molecule has 0 saturated heterocycles. The molecule has 0 unspecified atom stereocenters. The van der Waals surface area contributed by atoms with Gasteiger partial charge in [-0.3, -0.25) is 4.98 Å². The third-order valence-corrected chi connectivity index (χ3v) is 2.72. The molecule has 2 rings (SSSR count). The number of carboxylic acids is 1. The lowest BCUT2D eigenvalue weighted by Crippen LogP contribution is -2.01. The van der Waals surface area contributed by atoms with E-state index in [2.05, 4.69) is 4.98 Å². The van der Waals surface area contributed by atoms with Gasteiger partial charge in [-0.15, -0.1) is 0 Å². The summed E-state index contributed by atoms with van der Waals surface area (Å²) in [6.45, 7) is 3.81. The molecule has 0 aliphatic rings. The third kappa shape index (κ3) is 2.18. The largest absolute Gasteiger partial charge is 0.478 e. The van der Waals surface area contributed by atoms with Crippen LogP contribution in [-0.4, -0.2) is 16.1 Å². The minimum absolute atomic E-state index is 0.333. The van der Waals surface area contributed by atoms with Crippen molar-refractivity contribution in [2.24, 2.45) is 0 Å². The number of aromatic nitrogens is 1. The van der Waals surface area contributed by atoms with Crippen molar-refractivity contribution in [3.05, 3.63) is 53.3 Å². The maximum Gasteiger partial charge on any atom is 0.336 e. The van der Waals surface area contributed by atoms with E-state index in [1.165, 1.54) is 0 Å². The Morgan fingerprint density at radius 2 is 1.94 bits per heavy atom. The van der Waals surface area contributed by atoms with Gasteiger partial charge in [0.1, 0.15) is 0 Å². The first-order valence-corrected chi connectivity index (χ1v) is 5.34. The first-order chi connectivity index (χ1) is 8.09. The highest BCUT2D eigenvalue weighted by molar-refractivity contribution is 5.96. The molecule has 1 aromatic heterocycles. The van der Waals surface area contributed by atoms with Gasteiger partial charge in [0.05, 0.1) is 5.56 Å². The Kier molecular flexibility index (Phi) is 2.91. The zero-order valence-electron chi connectivity index (χ0n) is 9.77. The number of pyridine rings is 1. The molecule has 0 bridgehead atoms. The fourth-order valence-electron chi connectivity index (χ4n) is 1.85. The fraction of sp³-hybridized carbons (Fsp3) is 0.143. The molecule has 0 amide bonds. The van der Waals surface area contributed by atoms with E-state index in [1.807, 2.05) is 32.0 Å². The van der Waals surface area contributed by atoms with E-state index in [0.717, 1.165) is 22.3 Å². The van der Waals surface area contributed by atoms with Gasteiger partial charge in [0.25, 0.3) is 0 Å². The van der Waals surface area contributed by atoms with Crippen LogP contribution >= 0.6 is 0 Å². The summed E-state index contributed by atoms with van der Waals surface area (Å²) in [7, 11) is 0. The molecular formula is C14H13NO2. The van der Waals surface area contributed by atoms with E-state index in [-0.39, 0.29) is 0 Å². The van der Waals surface area contributed by atoms with Crippen molar-refractivity contribution in [3.8, 4) is 11.1 Å². The number of carbonyl (C=O) groups is 1. The molecule has 2 aromatic rings. The van der Waals surface area contributed by atoms with E-state index in [1.54, 1.807) is 18.5 Å². The third-order valence-electron chi connectivity index (χ3n) is 2.72. The molecule has 0 aliphatic heterocycles. The van der Waals surface area contributed by atoms with Gasteiger partial charge in [-0.05, 0) is 42.7 Å². The molecule has 0 spiro atoms. The quantitative estimate of drug-likeness (QED) is 0.857. The van der Waals surface area contributed by atoms with E-state index in [4.69, 9.17) is 0 Å². The standard InChI is InChI=1S/C14H13NO2/c1-9-3-4-12(13(7-9)14(16)17)11-5-6-15-8-10(11)2/h3-8H,1-2H3,(H,16,17). The van der Waals surface area contributed by atoms with Crippen LogP contribution in [0.5, 0.6) is 0 Å². The van der Waals surface area contributed by atoms with Crippen molar-refractivity contribution in [2.45, 2.75) is 13.8 Å².